The van der Waals surface area contributed by atoms with E-state index in [1.165, 1.54) is 15.5 Å². The van der Waals surface area contributed by atoms with Crippen molar-refractivity contribution >= 4 is 27.5 Å². The molecule has 0 bridgehead atoms. The number of hydrogen-bond acceptors (Lipinski definition) is 6. The van der Waals surface area contributed by atoms with Crippen LogP contribution in [0.15, 0.2) is 33.6 Å². The Balaban J connectivity index is 1.98. The largest absolute Gasteiger partial charge is 0.363 e. The van der Waals surface area contributed by atoms with Crippen molar-refractivity contribution in [1.29, 1.82) is 0 Å². The van der Waals surface area contributed by atoms with Crippen molar-refractivity contribution in [3.63, 3.8) is 0 Å². The first-order chi connectivity index (χ1) is 9.15. The van der Waals surface area contributed by atoms with Crippen LogP contribution in [0.1, 0.15) is 16.5 Å². The number of nitrogens with zero attached hydrogens (tertiary/aromatic N) is 3. The van der Waals surface area contributed by atoms with Gasteiger partial charge in [-0.15, -0.1) is 0 Å². The first kappa shape index (κ1) is 11.6. The molecule has 0 radical (unpaired) electrons. The van der Waals surface area contributed by atoms with Crippen LogP contribution in [0.4, 0.5) is 0 Å². The highest BCUT2D eigenvalue weighted by Gasteiger charge is 2.14. The van der Waals surface area contributed by atoms with Gasteiger partial charge in [-0.3, -0.25) is 13.5 Å². The van der Waals surface area contributed by atoms with Crippen LogP contribution >= 0.6 is 11.5 Å². The second kappa shape index (κ2) is 4.32. The van der Waals surface area contributed by atoms with E-state index >= 15 is 0 Å². The van der Waals surface area contributed by atoms with E-state index in [4.69, 9.17) is 10.3 Å². The molecule has 3 rings (SSSR count). The van der Waals surface area contributed by atoms with Crippen molar-refractivity contribution in [1.82, 2.24) is 14.1 Å². The highest BCUT2D eigenvalue weighted by Crippen LogP contribution is 2.16. The summed E-state index contributed by atoms with van der Waals surface area (Å²) in [6, 6.07) is 7.28. The lowest BCUT2D eigenvalue weighted by Crippen LogP contribution is -2.15. The van der Waals surface area contributed by atoms with Gasteiger partial charge < -0.3 is 10.3 Å². The van der Waals surface area contributed by atoms with E-state index in [0.29, 0.717) is 5.39 Å². The van der Waals surface area contributed by atoms with Crippen molar-refractivity contribution in [3.05, 3.63) is 46.3 Å². The number of fused-ring (bicyclic) bond motifs is 1. The maximum atomic E-state index is 12.1. The molecule has 0 aliphatic rings. The van der Waals surface area contributed by atoms with Gasteiger partial charge in [0, 0.05) is 0 Å². The molecule has 1 aromatic carbocycles. The number of amides is 1. The Morgan fingerprint density at radius 2 is 2.21 bits per heavy atom. The second-order valence-electron chi connectivity index (χ2n) is 3.81. The Bertz CT molecular complexity index is 817. The van der Waals surface area contributed by atoms with E-state index in [1.807, 2.05) is 12.1 Å². The van der Waals surface area contributed by atoms with Crippen LogP contribution < -0.4 is 11.3 Å². The highest BCUT2D eigenvalue weighted by atomic mass is 32.1. The summed E-state index contributed by atoms with van der Waals surface area (Å²) >= 11 is 1.30. The number of primary amides is 1. The molecule has 0 atom stereocenters. The lowest BCUT2D eigenvalue weighted by Gasteiger charge is -1.92. The molecule has 96 valence electrons. The maximum absolute atomic E-state index is 12.1. The third-order valence-electron chi connectivity index (χ3n) is 2.52. The molecule has 0 saturated heterocycles. The minimum Gasteiger partial charge on any atom is -0.363 e. The minimum atomic E-state index is -0.765. The molecule has 0 aliphatic carbocycles. The standard InChI is InChI=1S/C11H8N4O3S/c12-9(16)10-13-8(18-14-10)5-15-11(17)6-3-1-2-4-7(6)19-15/h1-4H,5H2,(H2,12,16). The minimum absolute atomic E-state index is 0.123. The molecule has 19 heavy (non-hydrogen) atoms. The molecule has 1 amide bonds. The molecule has 2 aromatic heterocycles. The summed E-state index contributed by atoms with van der Waals surface area (Å²) in [4.78, 5) is 26.7. The van der Waals surface area contributed by atoms with Crippen LogP contribution in [0.5, 0.6) is 0 Å². The smallest absolute Gasteiger partial charge is 0.290 e. The lowest BCUT2D eigenvalue weighted by molar-refractivity contribution is 0.0987. The van der Waals surface area contributed by atoms with Gasteiger partial charge in [-0.1, -0.05) is 28.8 Å². The fourth-order valence-corrected chi connectivity index (χ4v) is 2.65. The van der Waals surface area contributed by atoms with E-state index in [2.05, 4.69) is 10.1 Å². The monoisotopic (exact) mass is 276 g/mol. The second-order valence-corrected chi connectivity index (χ2v) is 4.87. The number of aromatic nitrogens is 3. The fourth-order valence-electron chi connectivity index (χ4n) is 1.66. The quantitative estimate of drug-likeness (QED) is 0.754. The Kier molecular flexibility index (Phi) is 2.64. The molecule has 2 heterocycles. The van der Waals surface area contributed by atoms with Crippen LogP contribution in [0.2, 0.25) is 0 Å². The molecule has 3 aromatic rings. The van der Waals surface area contributed by atoms with Gasteiger partial charge >= 0.3 is 0 Å². The van der Waals surface area contributed by atoms with Gasteiger partial charge in [0.25, 0.3) is 17.3 Å². The lowest BCUT2D eigenvalue weighted by atomic mass is 10.3. The molecule has 0 fully saturated rings. The van der Waals surface area contributed by atoms with Gasteiger partial charge in [0.1, 0.15) is 6.54 Å². The van der Waals surface area contributed by atoms with E-state index in [9.17, 15) is 9.59 Å². The third kappa shape index (κ3) is 2.02. The van der Waals surface area contributed by atoms with E-state index in [1.54, 1.807) is 12.1 Å². The van der Waals surface area contributed by atoms with Gasteiger partial charge in [-0.25, -0.2) is 0 Å². The average molecular weight is 276 g/mol. The number of rotatable bonds is 3. The Morgan fingerprint density at radius 1 is 1.42 bits per heavy atom. The number of carbonyl (C=O) groups is 1. The van der Waals surface area contributed by atoms with Gasteiger partial charge in [0.15, 0.2) is 0 Å². The Hall–Kier alpha value is -2.48. The fraction of sp³-hybridized carbons (Fsp3) is 0.0909. The number of hydrogen-bond donors (Lipinski definition) is 1. The van der Waals surface area contributed by atoms with Gasteiger partial charge in [-0.2, -0.15) is 4.98 Å². The van der Waals surface area contributed by atoms with Gasteiger partial charge in [0.05, 0.1) is 10.1 Å². The zero-order valence-electron chi connectivity index (χ0n) is 9.57. The number of benzene rings is 1. The zero-order valence-corrected chi connectivity index (χ0v) is 10.4. The Morgan fingerprint density at radius 3 is 2.89 bits per heavy atom. The van der Waals surface area contributed by atoms with Gasteiger partial charge in [0.2, 0.25) is 5.89 Å². The normalized spacial score (nSPS) is 10.9. The summed E-state index contributed by atoms with van der Waals surface area (Å²) in [6.07, 6.45) is 0. The molecule has 2 N–H and O–H groups in total. The van der Waals surface area contributed by atoms with Crippen LogP contribution in [-0.2, 0) is 6.54 Å². The summed E-state index contributed by atoms with van der Waals surface area (Å²) < 4.78 is 7.23. The summed E-state index contributed by atoms with van der Waals surface area (Å²) in [6.45, 7) is 0.123. The number of carbonyl (C=O) groups excluding carboxylic acids is 1. The summed E-state index contributed by atoms with van der Waals surface area (Å²) in [5.41, 5.74) is 4.90. The number of nitrogens with two attached hydrogens (primary N) is 1. The summed E-state index contributed by atoms with van der Waals surface area (Å²) in [7, 11) is 0. The topological polar surface area (TPSA) is 104 Å². The Labute approximate surface area is 110 Å². The molecular weight excluding hydrogens is 268 g/mol. The predicted octanol–water partition coefficient (Wildman–Crippen LogP) is 0.593. The van der Waals surface area contributed by atoms with Crippen LogP contribution in [-0.4, -0.2) is 20.0 Å². The molecule has 0 saturated carbocycles. The maximum Gasteiger partial charge on any atom is 0.290 e. The van der Waals surface area contributed by atoms with Crippen LogP contribution in [0.3, 0.4) is 0 Å². The molecular formula is C11H8N4O3S. The van der Waals surface area contributed by atoms with Crippen LogP contribution in [0.25, 0.3) is 10.1 Å². The van der Waals surface area contributed by atoms with Crippen LogP contribution in [0, 0.1) is 0 Å². The molecule has 8 heteroatoms. The average Bonchev–Trinajstić information content (AvgIpc) is 2.97. The van der Waals surface area contributed by atoms with Crippen molar-refractivity contribution in [3.8, 4) is 0 Å². The van der Waals surface area contributed by atoms with Crippen molar-refractivity contribution < 1.29 is 9.32 Å². The van der Waals surface area contributed by atoms with E-state index < -0.39 is 5.91 Å². The SMILES string of the molecule is NC(=O)c1noc(Cn2sc3ccccc3c2=O)n1. The van der Waals surface area contributed by atoms with Crippen molar-refractivity contribution in [2.75, 3.05) is 0 Å². The molecule has 0 aliphatic heterocycles. The summed E-state index contributed by atoms with van der Waals surface area (Å²) in [5, 5.41) is 4.06. The van der Waals surface area contributed by atoms with Crippen molar-refractivity contribution in [2.45, 2.75) is 6.54 Å². The van der Waals surface area contributed by atoms with E-state index in [-0.39, 0.29) is 23.8 Å². The zero-order chi connectivity index (χ0) is 13.4. The molecule has 7 nitrogen and oxygen atoms in total. The summed E-state index contributed by atoms with van der Waals surface area (Å²) in [5.74, 6) is -0.787. The first-order valence-electron chi connectivity index (χ1n) is 5.36. The van der Waals surface area contributed by atoms with E-state index in [0.717, 1.165) is 4.70 Å². The molecule has 0 unspecified atom stereocenters. The van der Waals surface area contributed by atoms with Gasteiger partial charge in [-0.05, 0) is 12.1 Å². The first-order valence-corrected chi connectivity index (χ1v) is 6.14. The highest BCUT2D eigenvalue weighted by molar-refractivity contribution is 7.13. The van der Waals surface area contributed by atoms with Crippen molar-refractivity contribution in [2.24, 2.45) is 5.73 Å². The molecule has 0 spiro atoms. The predicted molar refractivity (Wildman–Crippen MR) is 68.0 cm³/mol. The third-order valence-corrected chi connectivity index (χ3v) is 3.59.